The van der Waals surface area contributed by atoms with Crippen LogP contribution >= 0.6 is 0 Å². The van der Waals surface area contributed by atoms with Gasteiger partial charge in [-0.05, 0) is 50.1 Å². The molecule has 0 aliphatic carbocycles. The fourth-order valence-electron chi connectivity index (χ4n) is 2.73. The molecule has 2 aromatic rings. The maximum atomic E-state index is 12.2. The molecule has 154 valence electrons. The van der Waals surface area contributed by atoms with Crippen LogP contribution in [0.5, 0.6) is 17.2 Å². The second-order valence-electron chi connectivity index (χ2n) is 6.80. The summed E-state index contributed by atoms with van der Waals surface area (Å²) >= 11 is 0. The Hall–Kier alpha value is -3.22. The smallest absolute Gasteiger partial charge is 0.306 e. The topological polar surface area (TPSA) is 83.1 Å². The molecule has 1 aliphatic rings. The van der Waals surface area contributed by atoms with Crippen molar-refractivity contribution >= 4 is 11.9 Å². The van der Waals surface area contributed by atoms with E-state index in [9.17, 15) is 9.59 Å². The van der Waals surface area contributed by atoms with Gasteiger partial charge in [-0.25, -0.2) is 0 Å². The molecule has 0 radical (unpaired) electrons. The minimum atomic E-state index is -0.866. The molecule has 29 heavy (non-hydrogen) atoms. The number of amides is 1. The zero-order chi connectivity index (χ0) is 20.6. The number of hydrogen-bond donors (Lipinski definition) is 1. The van der Waals surface area contributed by atoms with E-state index < -0.39 is 12.1 Å². The van der Waals surface area contributed by atoms with Crippen molar-refractivity contribution in [3.05, 3.63) is 53.6 Å². The van der Waals surface area contributed by atoms with Gasteiger partial charge in [-0.2, -0.15) is 0 Å². The SMILES string of the molecule is Cc1ccc(OCCCC(=O)O[C@@H](C)C(=O)NCc2ccc3c(c2)OCO3)cc1. The average molecular weight is 399 g/mol. The second-order valence-corrected chi connectivity index (χ2v) is 6.80. The lowest BCUT2D eigenvalue weighted by atomic mass is 10.2. The van der Waals surface area contributed by atoms with Gasteiger partial charge in [0.1, 0.15) is 5.75 Å². The van der Waals surface area contributed by atoms with Crippen LogP contribution in [0.2, 0.25) is 0 Å². The van der Waals surface area contributed by atoms with Gasteiger partial charge in [0.15, 0.2) is 17.6 Å². The highest BCUT2D eigenvalue weighted by Gasteiger charge is 2.18. The first-order valence-electron chi connectivity index (χ1n) is 9.56. The van der Waals surface area contributed by atoms with Gasteiger partial charge in [-0.3, -0.25) is 9.59 Å². The van der Waals surface area contributed by atoms with E-state index in [1.165, 1.54) is 0 Å². The zero-order valence-corrected chi connectivity index (χ0v) is 16.6. The molecule has 0 aromatic heterocycles. The minimum Gasteiger partial charge on any atom is -0.494 e. The van der Waals surface area contributed by atoms with E-state index in [4.69, 9.17) is 18.9 Å². The Morgan fingerprint density at radius 3 is 2.66 bits per heavy atom. The van der Waals surface area contributed by atoms with E-state index in [1.807, 2.05) is 43.3 Å². The molecular formula is C22H25NO6. The van der Waals surface area contributed by atoms with Crippen LogP contribution in [0.1, 0.15) is 30.9 Å². The number of ether oxygens (including phenoxy) is 4. The number of fused-ring (bicyclic) bond motifs is 1. The first kappa shape index (κ1) is 20.5. The monoisotopic (exact) mass is 399 g/mol. The number of aryl methyl sites for hydroxylation is 1. The van der Waals surface area contributed by atoms with Crippen molar-refractivity contribution in [2.75, 3.05) is 13.4 Å². The van der Waals surface area contributed by atoms with Crippen LogP contribution in [0.15, 0.2) is 42.5 Å². The van der Waals surface area contributed by atoms with Gasteiger partial charge in [0.25, 0.3) is 5.91 Å². The molecule has 3 rings (SSSR count). The standard InChI is InChI=1S/C22H25NO6/c1-15-5-8-18(9-6-15)26-11-3-4-21(24)29-16(2)22(25)23-13-17-7-10-19-20(12-17)28-14-27-19/h5-10,12,16H,3-4,11,13-14H2,1-2H3,(H,23,25)/t16-/m0/s1. The Morgan fingerprint density at radius 2 is 1.86 bits per heavy atom. The fraction of sp³-hybridized carbons (Fsp3) is 0.364. The molecule has 2 aromatic carbocycles. The first-order chi connectivity index (χ1) is 14.0. The summed E-state index contributed by atoms with van der Waals surface area (Å²) in [6, 6.07) is 13.2. The van der Waals surface area contributed by atoms with Crippen LogP contribution in [-0.4, -0.2) is 31.4 Å². The molecule has 7 heteroatoms. The highest BCUT2D eigenvalue weighted by atomic mass is 16.7. The molecule has 1 aliphatic heterocycles. The predicted molar refractivity (Wildman–Crippen MR) is 106 cm³/mol. The number of carbonyl (C=O) groups is 2. The molecule has 1 amide bonds. The van der Waals surface area contributed by atoms with Gasteiger partial charge in [0, 0.05) is 13.0 Å². The maximum Gasteiger partial charge on any atom is 0.306 e. The number of carbonyl (C=O) groups excluding carboxylic acids is 2. The summed E-state index contributed by atoms with van der Waals surface area (Å²) < 4.78 is 21.3. The lowest BCUT2D eigenvalue weighted by molar-refractivity contribution is -0.155. The molecule has 0 unspecified atom stereocenters. The summed E-state index contributed by atoms with van der Waals surface area (Å²) in [7, 11) is 0. The Morgan fingerprint density at radius 1 is 1.10 bits per heavy atom. The van der Waals surface area contributed by atoms with E-state index in [1.54, 1.807) is 13.0 Å². The van der Waals surface area contributed by atoms with E-state index >= 15 is 0 Å². The zero-order valence-electron chi connectivity index (χ0n) is 16.6. The molecule has 0 fully saturated rings. The van der Waals surface area contributed by atoms with Gasteiger partial charge < -0.3 is 24.3 Å². The minimum absolute atomic E-state index is 0.186. The summed E-state index contributed by atoms with van der Waals surface area (Å²) in [6.07, 6.45) is -0.168. The Labute approximate surface area is 169 Å². The van der Waals surface area contributed by atoms with Crippen molar-refractivity contribution in [1.82, 2.24) is 5.32 Å². The Bertz CT molecular complexity index is 849. The molecular weight excluding hydrogens is 374 g/mol. The average Bonchev–Trinajstić information content (AvgIpc) is 3.18. The van der Waals surface area contributed by atoms with Crippen LogP contribution in [0.3, 0.4) is 0 Å². The molecule has 0 bridgehead atoms. The van der Waals surface area contributed by atoms with Gasteiger partial charge in [0.05, 0.1) is 6.61 Å². The third-order valence-electron chi connectivity index (χ3n) is 4.40. The molecule has 1 N–H and O–H groups in total. The van der Waals surface area contributed by atoms with Crippen molar-refractivity contribution in [3.63, 3.8) is 0 Å². The molecule has 0 spiro atoms. The molecule has 1 heterocycles. The molecule has 0 saturated heterocycles. The van der Waals surface area contributed by atoms with E-state index in [0.29, 0.717) is 31.1 Å². The van der Waals surface area contributed by atoms with Crippen molar-refractivity contribution in [3.8, 4) is 17.2 Å². The summed E-state index contributed by atoms with van der Waals surface area (Å²) in [5.74, 6) is 1.33. The summed E-state index contributed by atoms with van der Waals surface area (Å²) in [4.78, 5) is 24.1. The summed E-state index contributed by atoms with van der Waals surface area (Å²) in [5.41, 5.74) is 2.03. The maximum absolute atomic E-state index is 12.2. The third-order valence-corrected chi connectivity index (χ3v) is 4.40. The van der Waals surface area contributed by atoms with Gasteiger partial charge in [0.2, 0.25) is 6.79 Å². The van der Waals surface area contributed by atoms with Crippen molar-refractivity contribution in [1.29, 1.82) is 0 Å². The van der Waals surface area contributed by atoms with Crippen LogP contribution in [0.4, 0.5) is 0 Å². The highest BCUT2D eigenvalue weighted by molar-refractivity contribution is 5.83. The van der Waals surface area contributed by atoms with Crippen LogP contribution in [-0.2, 0) is 20.9 Å². The number of esters is 1. The highest BCUT2D eigenvalue weighted by Crippen LogP contribution is 2.32. The lowest BCUT2D eigenvalue weighted by Gasteiger charge is -2.14. The quantitative estimate of drug-likeness (QED) is 0.515. The number of nitrogens with one attached hydrogen (secondary N) is 1. The van der Waals surface area contributed by atoms with Crippen molar-refractivity contribution < 1.29 is 28.5 Å². The van der Waals surface area contributed by atoms with Crippen molar-refractivity contribution in [2.45, 2.75) is 39.3 Å². The van der Waals surface area contributed by atoms with E-state index in [2.05, 4.69) is 5.32 Å². The van der Waals surface area contributed by atoms with Crippen LogP contribution < -0.4 is 19.5 Å². The molecule has 7 nitrogen and oxygen atoms in total. The largest absolute Gasteiger partial charge is 0.494 e. The van der Waals surface area contributed by atoms with E-state index in [-0.39, 0.29) is 19.1 Å². The Balaban J connectivity index is 1.33. The third kappa shape index (κ3) is 6.14. The second kappa shape index (κ2) is 9.82. The Kier molecular flexibility index (Phi) is 6.94. The normalized spacial score (nSPS) is 12.9. The summed E-state index contributed by atoms with van der Waals surface area (Å²) in [5, 5.41) is 2.75. The number of rotatable bonds is 9. The number of hydrogen-bond acceptors (Lipinski definition) is 6. The lowest BCUT2D eigenvalue weighted by Crippen LogP contribution is -2.35. The van der Waals surface area contributed by atoms with E-state index in [0.717, 1.165) is 16.9 Å². The predicted octanol–water partition coefficient (Wildman–Crippen LogP) is 3.13. The molecule has 1 atom stereocenters. The van der Waals surface area contributed by atoms with Gasteiger partial charge in [-0.15, -0.1) is 0 Å². The number of benzene rings is 2. The van der Waals surface area contributed by atoms with Crippen molar-refractivity contribution in [2.24, 2.45) is 0 Å². The van der Waals surface area contributed by atoms with Crippen LogP contribution in [0, 0.1) is 6.92 Å². The first-order valence-corrected chi connectivity index (χ1v) is 9.56. The van der Waals surface area contributed by atoms with Gasteiger partial charge in [-0.1, -0.05) is 23.8 Å². The molecule has 0 saturated carbocycles. The summed E-state index contributed by atoms with van der Waals surface area (Å²) in [6.45, 7) is 4.47. The van der Waals surface area contributed by atoms with Gasteiger partial charge >= 0.3 is 5.97 Å². The fourth-order valence-corrected chi connectivity index (χ4v) is 2.73. The van der Waals surface area contributed by atoms with Crippen LogP contribution in [0.25, 0.3) is 0 Å².